The van der Waals surface area contributed by atoms with Gasteiger partial charge in [-0.05, 0) is 19.1 Å². The minimum Gasteiger partial charge on any atom is -0.492 e. The summed E-state index contributed by atoms with van der Waals surface area (Å²) < 4.78 is 6.86. The molecule has 1 aliphatic heterocycles. The molecule has 2 N–H and O–H groups in total. The molecule has 0 spiro atoms. The highest BCUT2D eigenvalue weighted by molar-refractivity contribution is 6.01. The number of benzene rings is 1. The van der Waals surface area contributed by atoms with Crippen molar-refractivity contribution in [3.63, 3.8) is 0 Å². The highest BCUT2D eigenvalue weighted by Gasteiger charge is 2.33. The quantitative estimate of drug-likeness (QED) is 0.864. The van der Waals surface area contributed by atoms with Gasteiger partial charge in [0.25, 0.3) is 5.91 Å². The fraction of sp³-hybridized carbons (Fsp3) is 0.286. The summed E-state index contributed by atoms with van der Waals surface area (Å²) in [7, 11) is 0. The summed E-state index contributed by atoms with van der Waals surface area (Å²) in [5.74, 6) is 0.368. The molecule has 0 unspecified atom stereocenters. The molecule has 8 heteroatoms. The SMILES string of the molecule is CCOc1ccccc1NC(=O)C[C@H]1C(=O)Nc2ncnn21. The molecule has 114 valence electrons. The van der Waals surface area contributed by atoms with Gasteiger partial charge < -0.3 is 10.1 Å². The fourth-order valence-electron chi connectivity index (χ4n) is 2.28. The first kappa shape index (κ1) is 14.1. The Labute approximate surface area is 126 Å². The summed E-state index contributed by atoms with van der Waals surface area (Å²) >= 11 is 0. The van der Waals surface area contributed by atoms with Crippen molar-refractivity contribution >= 4 is 23.5 Å². The number of para-hydroxylation sites is 2. The lowest BCUT2D eigenvalue weighted by atomic mass is 10.2. The molecule has 1 aliphatic rings. The van der Waals surface area contributed by atoms with Crippen LogP contribution in [0.1, 0.15) is 19.4 Å². The predicted octanol–water partition coefficient (Wildman–Crippen LogP) is 1.20. The second kappa shape index (κ2) is 5.84. The number of carbonyl (C=O) groups is 2. The molecular formula is C14H15N5O3. The third kappa shape index (κ3) is 2.62. The zero-order valence-corrected chi connectivity index (χ0v) is 11.9. The Kier molecular flexibility index (Phi) is 3.73. The smallest absolute Gasteiger partial charge is 0.252 e. The molecule has 2 heterocycles. The Hall–Kier alpha value is -2.90. The Morgan fingerprint density at radius 2 is 2.27 bits per heavy atom. The molecule has 22 heavy (non-hydrogen) atoms. The molecule has 3 rings (SSSR count). The molecule has 0 bridgehead atoms. The number of ether oxygens (including phenoxy) is 1. The topological polar surface area (TPSA) is 98.1 Å². The third-order valence-electron chi connectivity index (χ3n) is 3.25. The maximum absolute atomic E-state index is 12.2. The van der Waals surface area contributed by atoms with Crippen LogP contribution in [-0.4, -0.2) is 33.2 Å². The molecule has 0 radical (unpaired) electrons. The largest absolute Gasteiger partial charge is 0.492 e. The number of hydrogen-bond acceptors (Lipinski definition) is 5. The van der Waals surface area contributed by atoms with Crippen LogP contribution in [0.2, 0.25) is 0 Å². The zero-order valence-electron chi connectivity index (χ0n) is 11.9. The van der Waals surface area contributed by atoms with Crippen LogP contribution in [0.3, 0.4) is 0 Å². The van der Waals surface area contributed by atoms with Crippen molar-refractivity contribution in [2.75, 3.05) is 17.2 Å². The summed E-state index contributed by atoms with van der Waals surface area (Å²) in [6, 6.07) is 6.47. The third-order valence-corrected chi connectivity index (χ3v) is 3.25. The minimum atomic E-state index is -0.684. The van der Waals surface area contributed by atoms with Crippen LogP contribution < -0.4 is 15.4 Å². The lowest BCUT2D eigenvalue weighted by molar-refractivity contribution is -0.123. The van der Waals surface area contributed by atoms with E-state index in [9.17, 15) is 9.59 Å². The van der Waals surface area contributed by atoms with Gasteiger partial charge >= 0.3 is 0 Å². The second-order valence-corrected chi connectivity index (χ2v) is 4.71. The van der Waals surface area contributed by atoms with Crippen LogP contribution in [0.5, 0.6) is 5.75 Å². The van der Waals surface area contributed by atoms with Gasteiger partial charge in [0.1, 0.15) is 18.1 Å². The molecular weight excluding hydrogens is 286 g/mol. The molecule has 1 atom stereocenters. The first-order chi connectivity index (χ1) is 10.7. The van der Waals surface area contributed by atoms with E-state index in [0.717, 1.165) is 0 Å². The van der Waals surface area contributed by atoms with Gasteiger partial charge in [-0.25, -0.2) is 4.68 Å². The van der Waals surface area contributed by atoms with Crippen molar-refractivity contribution in [1.82, 2.24) is 14.8 Å². The Bertz CT molecular complexity index is 712. The molecule has 0 fully saturated rings. The molecule has 0 saturated heterocycles. The van der Waals surface area contributed by atoms with Crippen molar-refractivity contribution in [1.29, 1.82) is 0 Å². The van der Waals surface area contributed by atoms with Gasteiger partial charge in [-0.15, -0.1) is 0 Å². The summed E-state index contributed by atoms with van der Waals surface area (Å²) in [5.41, 5.74) is 0.576. The van der Waals surface area contributed by atoms with Crippen molar-refractivity contribution < 1.29 is 14.3 Å². The van der Waals surface area contributed by atoms with Crippen LogP contribution in [0.25, 0.3) is 0 Å². The molecule has 0 saturated carbocycles. The van der Waals surface area contributed by atoms with Gasteiger partial charge in [0.2, 0.25) is 11.9 Å². The van der Waals surface area contributed by atoms with Gasteiger partial charge in [-0.2, -0.15) is 10.1 Å². The second-order valence-electron chi connectivity index (χ2n) is 4.71. The summed E-state index contributed by atoms with van der Waals surface area (Å²) in [6.45, 7) is 2.37. The summed E-state index contributed by atoms with van der Waals surface area (Å²) in [5, 5.41) is 9.29. The number of amides is 2. The van der Waals surface area contributed by atoms with Gasteiger partial charge in [0.05, 0.1) is 18.7 Å². The molecule has 2 amide bonds. The number of hydrogen-bond donors (Lipinski definition) is 2. The fourth-order valence-corrected chi connectivity index (χ4v) is 2.28. The average molecular weight is 301 g/mol. The molecule has 1 aromatic heterocycles. The van der Waals surface area contributed by atoms with E-state index in [1.165, 1.54) is 11.0 Å². The normalized spacial score (nSPS) is 16.0. The van der Waals surface area contributed by atoms with Crippen LogP contribution in [-0.2, 0) is 9.59 Å². The highest BCUT2D eigenvalue weighted by Crippen LogP contribution is 2.27. The lowest BCUT2D eigenvalue weighted by Gasteiger charge is -2.12. The maximum atomic E-state index is 12.2. The van der Waals surface area contributed by atoms with Crippen molar-refractivity contribution in [3.05, 3.63) is 30.6 Å². The molecule has 1 aromatic carbocycles. The number of anilines is 2. The standard InChI is InChI=1S/C14H15N5O3/c1-2-22-11-6-4-3-5-9(11)17-12(20)7-10-13(21)18-14-15-8-16-19(10)14/h3-6,8,10H,2,7H2,1H3,(H,17,20)(H,15,16,18,21)/t10-/m0/s1. The van der Waals surface area contributed by atoms with E-state index >= 15 is 0 Å². The summed E-state index contributed by atoms with van der Waals surface area (Å²) in [6.07, 6.45) is 1.31. The van der Waals surface area contributed by atoms with Crippen LogP contribution >= 0.6 is 0 Å². The lowest BCUT2D eigenvalue weighted by Crippen LogP contribution is -2.23. The highest BCUT2D eigenvalue weighted by atomic mass is 16.5. The number of aromatic nitrogens is 3. The van der Waals surface area contributed by atoms with Crippen LogP contribution in [0.15, 0.2) is 30.6 Å². The van der Waals surface area contributed by atoms with E-state index < -0.39 is 6.04 Å². The zero-order chi connectivity index (χ0) is 15.5. The van der Waals surface area contributed by atoms with Crippen molar-refractivity contribution in [3.8, 4) is 5.75 Å². The number of fused-ring (bicyclic) bond motifs is 1. The van der Waals surface area contributed by atoms with Gasteiger partial charge in [-0.3, -0.25) is 14.9 Å². The molecule has 2 aromatic rings. The van der Waals surface area contributed by atoms with E-state index in [4.69, 9.17) is 4.74 Å². The predicted molar refractivity (Wildman–Crippen MR) is 78.5 cm³/mol. The Balaban J connectivity index is 1.70. The molecule has 0 aliphatic carbocycles. The Morgan fingerprint density at radius 1 is 1.45 bits per heavy atom. The minimum absolute atomic E-state index is 0.0251. The van der Waals surface area contributed by atoms with Gasteiger partial charge in [-0.1, -0.05) is 12.1 Å². The van der Waals surface area contributed by atoms with Gasteiger partial charge in [0.15, 0.2) is 0 Å². The first-order valence-electron chi connectivity index (χ1n) is 6.91. The van der Waals surface area contributed by atoms with Crippen molar-refractivity contribution in [2.45, 2.75) is 19.4 Å². The van der Waals surface area contributed by atoms with E-state index in [0.29, 0.717) is 24.0 Å². The van der Waals surface area contributed by atoms with E-state index in [-0.39, 0.29) is 18.2 Å². The van der Waals surface area contributed by atoms with Crippen LogP contribution in [0.4, 0.5) is 11.6 Å². The van der Waals surface area contributed by atoms with E-state index in [1.54, 1.807) is 18.2 Å². The maximum Gasteiger partial charge on any atom is 0.252 e. The van der Waals surface area contributed by atoms with Crippen molar-refractivity contribution in [2.24, 2.45) is 0 Å². The number of carbonyl (C=O) groups excluding carboxylic acids is 2. The van der Waals surface area contributed by atoms with E-state index in [1.807, 2.05) is 13.0 Å². The first-order valence-corrected chi connectivity index (χ1v) is 6.91. The number of nitrogens with zero attached hydrogens (tertiary/aromatic N) is 3. The van der Waals surface area contributed by atoms with Gasteiger partial charge in [0, 0.05) is 0 Å². The average Bonchev–Trinajstić information content (AvgIpc) is 3.05. The van der Waals surface area contributed by atoms with E-state index in [2.05, 4.69) is 20.7 Å². The monoisotopic (exact) mass is 301 g/mol. The number of rotatable bonds is 5. The van der Waals surface area contributed by atoms with Crippen LogP contribution in [0, 0.1) is 0 Å². The number of nitrogens with one attached hydrogen (secondary N) is 2. The Morgan fingerprint density at radius 3 is 3.09 bits per heavy atom. The summed E-state index contributed by atoms with van der Waals surface area (Å²) in [4.78, 5) is 27.9. The molecule has 8 nitrogen and oxygen atoms in total.